The lowest BCUT2D eigenvalue weighted by Gasteiger charge is -2.32. The van der Waals surface area contributed by atoms with Gasteiger partial charge in [-0.2, -0.15) is 5.10 Å². The number of nitrogens with zero attached hydrogens (tertiary/aromatic N) is 2. The van der Waals surface area contributed by atoms with Crippen LogP contribution >= 0.6 is 0 Å². The second kappa shape index (κ2) is 9.23. The summed E-state index contributed by atoms with van der Waals surface area (Å²) in [5.41, 5.74) is 1.64. The summed E-state index contributed by atoms with van der Waals surface area (Å²) in [5, 5.41) is 19.2. The topological polar surface area (TPSA) is 100 Å². The molecule has 4 rings (SSSR count). The van der Waals surface area contributed by atoms with E-state index in [0.29, 0.717) is 18.8 Å². The fourth-order valence-corrected chi connectivity index (χ4v) is 3.99. The largest absolute Gasteiger partial charge is 0.334 e. The summed E-state index contributed by atoms with van der Waals surface area (Å²) in [4.78, 5) is 25.1. The number of urea groups is 1. The zero-order chi connectivity index (χ0) is 23.6. The van der Waals surface area contributed by atoms with Gasteiger partial charge in [0.1, 0.15) is 5.82 Å². The molecule has 174 valence electrons. The summed E-state index contributed by atoms with van der Waals surface area (Å²) >= 11 is 0. The van der Waals surface area contributed by atoms with Gasteiger partial charge in [0.2, 0.25) is 5.91 Å². The van der Waals surface area contributed by atoms with E-state index in [1.807, 2.05) is 37.3 Å². The van der Waals surface area contributed by atoms with Crippen molar-refractivity contribution < 1.29 is 9.59 Å². The van der Waals surface area contributed by atoms with Gasteiger partial charge in [-0.15, -0.1) is 0 Å². The predicted octanol–water partition coefficient (Wildman–Crippen LogP) is 4.00. The zero-order valence-electron chi connectivity index (χ0n) is 19.6. The second-order valence-electron chi connectivity index (χ2n) is 9.50. The van der Waals surface area contributed by atoms with Gasteiger partial charge in [-0.05, 0) is 22.8 Å². The van der Waals surface area contributed by atoms with Crippen molar-refractivity contribution in [2.24, 2.45) is 0 Å². The highest BCUT2D eigenvalue weighted by molar-refractivity contribution is 5.90. The van der Waals surface area contributed by atoms with Gasteiger partial charge in [0, 0.05) is 30.5 Å². The average Bonchev–Trinajstić information content (AvgIpc) is 3.21. The number of carbonyl (C=O) groups excluding carboxylic acids is 2. The van der Waals surface area contributed by atoms with Gasteiger partial charge in [0.15, 0.2) is 6.29 Å². The van der Waals surface area contributed by atoms with E-state index in [0.717, 1.165) is 28.5 Å². The lowest BCUT2D eigenvalue weighted by Crippen LogP contribution is -2.53. The van der Waals surface area contributed by atoms with Crippen LogP contribution < -0.4 is 21.3 Å². The van der Waals surface area contributed by atoms with Crippen molar-refractivity contribution in [3.05, 3.63) is 59.8 Å². The number of amides is 3. The molecule has 1 saturated heterocycles. The van der Waals surface area contributed by atoms with Gasteiger partial charge in [0.25, 0.3) is 0 Å². The third kappa shape index (κ3) is 5.17. The first-order valence-corrected chi connectivity index (χ1v) is 11.4. The van der Waals surface area contributed by atoms with E-state index < -0.39 is 6.29 Å². The highest BCUT2D eigenvalue weighted by Gasteiger charge is 2.30. The molecule has 2 heterocycles. The lowest BCUT2D eigenvalue weighted by molar-refractivity contribution is -0.125. The average molecular weight is 449 g/mol. The summed E-state index contributed by atoms with van der Waals surface area (Å²) in [7, 11) is 0. The highest BCUT2D eigenvalue weighted by Crippen LogP contribution is 2.26. The summed E-state index contributed by atoms with van der Waals surface area (Å²) in [5.74, 6) is 0.481. The second-order valence-corrected chi connectivity index (χ2v) is 9.50. The zero-order valence-corrected chi connectivity index (χ0v) is 19.6. The van der Waals surface area contributed by atoms with Crippen molar-refractivity contribution in [3.8, 4) is 0 Å². The number of carbonyl (C=O) groups is 2. The highest BCUT2D eigenvalue weighted by atomic mass is 16.2. The third-order valence-corrected chi connectivity index (χ3v) is 5.93. The molecule has 3 aromatic rings. The van der Waals surface area contributed by atoms with Crippen molar-refractivity contribution in [2.75, 3.05) is 5.32 Å². The molecule has 0 spiro atoms. The van der Waals surface area contributed by atoms with Gasteiger partial charge in [0.05, 0.1) is 5.69 Å². The van der Waals surface area contributed by atoms with Crippen LogP contribution in [0.3, 0.4) is 0 Å². The van der Waals surface area contributed by atoms with Gasteiger partial charge in [-0.3, -0.25) is 15.4 Å². The van der Waals surface area contributed by atoms with Crippen molar-refractivity contribution in [3.63, 3.8) is 0 Å². The molecule has 1 aliphatic heterocycles. The van der Waals surface area contributed by atoms with Crippen LogP contribution in [0.15, 0.2) is 48.5 Å². The fourth-order valence-electron chi connectivity index (χ4n) is 3.99. The number of hydrogen-bond donors (Lipinski definition) is 4. The molecule has 2 atom stereocenters. The predicted molar refractivity (Wildman–Crippen MR) is 130 cm³/mol. The van der Waals surface area contributed by atoms with E-state index in [1.165, 1.54) is 0 Å². The number of rotatable bonds is 5. The van der Waals surface area contributed by atoms with Gasteiger partial charge in [-0.1, -0.05) is 70.2 Å². The van der Waals surface area contributed by atoms with E-state index in [9.17, 15) is 9.59 Å². The Morgan fingerprint density at radius 3 is 2.70 bits per heavy atom. The maximum Gasteiger partial charge on any atom is 0.320 e. The molecule has 4 N–H and O–H groups in total. The number of nitrogens with one attached hydrogen (secondary N) is 4. The molecule has 1 aliphatic rings. The molecular formula is C25H32N6O2. The maximum atomic E-state index is 12.8. The Kier molecular flexibility index (Phi) is 6.37. The number of hydrogen-bond acceptors (Lipinski definition) is 4. The standard InChI is InChI=1S/C25H32N6O2/c1-5-18-13-22(32)29-23(27-18)31-21(14-20(30-31)25(2,3)4)28-24(33)26-15-17-11-8-10-16-9-6-7-12-19(16)17/h6-12,14,18,23,27H,5,13,15H2,1-4H3,(H,29,32)(H2,26,28,33). The monoisotopic (exact) mass is 448 g/mol. The molecule has 2 aromatic carbocycles. The first-order chi connectivity index (χ1) is 15.7. The lowest BCUT2D eigenvalue weighted by atomic mass is 9.92. The molecule has 1 aromatic heterocycles. The Bertz CT molecular complexity index is 1160. The summed E-state index contributed by atoms with van der Waals surface area (Å²) in [6.07, 6.45) is 0.723. The minimum Gasteiger partial charge on any atom is -0.334 e. The fraction of sp³-hybridized carbons (Fsp3) is 0.400. The molecule has 0 bridgehead atoms. The van der Waals surface area contributed by atoms with Crippen LogP contribution in [0, 0.1) is 0 Å². The maximum absolute atomic E-state index is 12.8. The Balaban J connectivity index is 1.53. The summed E-state index contributed by atoms with van der Waals surface area (Å²) < 4.78 is 1.65. The third-order valence-electron chi connectivity index (χ3n) is 5.93. The minimum absolute atomic E-state index is 0.0373. The van der Waals surface area contributed by atoms with Crippen LogP contribution in [0.2, 0.25) is 0 Å². The minimum atomic E-state index is -0.527. The summed E-state index contributed by atoms with van der Waals surface area (Å²) in [6.45, 7) is 8.62. The normalized spacial score (nSPS) is 18.7. The van der Waals surface area contributed by atoms with Crippen LogP contribution in [0.5, 0.6) is 0 Å². The van der Waals surface area contributed by atoms with Gasteiger partial charge < -0.3 is 10.6 Å². The molecule has 33 heavy (non-hydrogen) atoms. The number of benzene rings is 2. The van der Waals surface area contributed by atoms with Crippen molar-refractivity contribution in [1.82, 2.24) is 25.7 Å². The van der Waals surface area contributed by atoms with E-state index in [2.05, 4.69) is 60.2 Å². The van der Waals surface area contributed by atoms with Gasteiger partial charge >= 0.3 is 6.03 Å². The number of aromatic nitrogens is 2. The van der Waals surface area contributed by atoms with Crippen molar-refractivity contribution >= 4 is 28.5 Å². The first-order valence-electron chi connectivity index (χ1n) is 11.4. The Morgan fingerprint density at radius 1 is 1.18 bits per heavy atom. The van der Waals surface area contributed by atoms with Crippen LogP contribution in [0.1, 0.15) is 58.1 Å². The molecule has 3 amide bonds. The van der Waals surface area contributed by atoms with E-state index >= 15 is 0 Å². The smallest absolute Gasteiger partial charge is 0.320 e. The number of fused-ring (bicyclic) bond motifs is 1. The molecule has 8 heteroatoms. The van der Waals surface area contributed by atoms with Crippen LogP contribution in [0.25, 0.3) is 10.8 Å². The quantitative estimate of drug-likeness (QED) is 0.474. The number of anilines is 1. The summed E-state index contributed by atoms with van der Waals surface area (Å²) in [6, 6.07) is 15.7. The van der Waals surface area contributed by atoms with E-state index in [4.69, 9.17) is 5.10 Å². The van der Waals surface area contributed by atoms with E-state index in [1.54, 1.807) is 4.68 Å². The molecular weight excluding hydrogens is 416 g/mol. The van der Waals surface area contributed by atoms with E-state index in [-0.39, 0.29) is 23.4 Å². The van der Waals surface area contributed by atoms with Crippen molar-refractivity contribution in [1.29, 1.82) is 0 Å². The van der Waals surface area contributed by atoms with Crippen LogP contribution in [0.4, 0.5) is 10.6 Å². The van der Waals surface area contributed by atoms with Gasteiger partial charge in [-0.25, -0.2) is 9.48 Å². The molecule has 0 aliphatic carbocycles. The Labute approximate surface area is 194 Å². The molecule has 0 radical (unpaired) electrons. The Morgan fingerprint density at radius 2 is 1.94 bits per heavy atom. The first kappa shape index (κ1) is 22.8. The van der Waals surface area contributed by atoms with Crippen LogP contribution in [-0.2, 0) is 16.8 Å². The Hall–Kier alpha value is -3.39. The molecule has 2 unspecified atom stereocenters. The van der Waals surface area contributed by atoms with Crippen LogP contribution in [-0.4, -0.2) is 27.8 Å². The molecule has 8 nitrogen and oxygen atoms in total. The molecule has 0 saturated carbocycles. The molecule has 1 fully saturated rings. The van der Waals surface area contributed by atoms with Crippen molar-refractivity contribution in [2.45, 2.75) is 64.8 Å². The SMILES string of the molecule is CCC1CC(=O)NC(n2nc(C(C)(C)C)cc2NC(=O)NCc2cccc3ccccc23)N1.